The number of nitro benzene ring substituents is 2. The Morgan fingerprint density at radius 3 is 2.32 bits per heavy atom. The molecule has 4 rings (SSSR count). The Morgan fingerprint density at radius 2 is 1.65 bits per heavy atom. The maximum Gasteiger partial charge on any atom is 0.270 e. The zero-order valence-corrected chi connectivity index (χ0v) is 18.3. The molecule has 34 heavy (non-hydrogen) atoms. The number of aryl methyl sites for hydroxylation is 1. The fraction of sp³-hybridized carbons (Fsp3) is 0.208. The van der Waals surface area contributed by atoms with Crippen LogP contribution < -0.4 is 14.4 Å². The molecule has 1 amide bonds. The van der Waals surface area contributed by atoms with Crippen LogP contribution in [0.2, 0.25) is 0 Å². The van der Waals surface area contributed by atoms with Crippen LogP contribution in [0.1, 0.15) is 12.0 Å². The smallest absolute Gasteiger partial charge is 0.270 e. The highest BCUT2D eigenvalue weighted by Crippen LogP contribution is 2.35. The Labute approximate surface area is 194 Å². The largest absolute Gasteiger partial charge is 0.497 e. The highest BCUT2D eigenvalue weighted by molar-refractivity contribution is 5.96. The van der Waals surface area contributed by atoms with Crippen LogP contribution in [-0.4, -0.2) is 36.0 Å². The predicted octanol–water partition coefficient (Wildman–Crippen LogP) is 4.54. The van der Waals surface area contributed by atoms with E-state index in [4.69, 9.17) is 9.47 Å². The van der Waals surface area contributed by atoms with Crippen molar-refractivity contribution in [3.63, 3.8) is 0 Å². The van der Waals surface area contributed by atoms with Gasteiger partial charge in [0.2, 0.25) is 0 Å². The van der Waals surface area contributed by atoms with E-state index >= 15 is 0 Å². The van der Waals surface area contributed by atoms with Crippen molar-refractivity contribution in [1.29, 1.82) is 0 Å². The predicted molar refractivity (Wildman–Crippen MR) is 124 cm³/mol. The maximum atomic E-state index is 13.0. The molecule has 0 fully saturated rings. The average Bonchev–Trinajstić information content (AvgIpc) is 2.86. The summed E-state index contributed by atoms with van der Waals surface area (Å²) >= 11 is 0. The Balaban J connectivity index is 1.57. The van der Waals surface area contributed by atoms with Crippen molar-refractivity contribution in [1.82, 2.24) is 0 Å². The molecule has 0 radical (unpaired) electrons. The zero-order valence-electron chi connectivity index (χ0n) is 18.3. The summed E-state index contributed by atoms with van der Waals surface area (Å²) in [6.07, 6.45) is 1.32. The number of ether oxygens (including phenoxy) is 2. The van der Waals surface area contributed by atoms with Crippen LogP contribution in [0.5, 0.6) is 11.5 Å². The van der Waals surface area contributed by atoms with Gasteiger partial charge in [-0.15, -0.1) is 0 Å². The SMILES string of the molecule is COc1ccc(-c2cc([N+](=O)[O-])ccc2OCC(=O)N2CCCc3cc([N+](=O)[O-])ccc32)cc1. The van der Waals surface area contributed by atoms with Crippen LogP contribution in [0.25, 0.3) is 11.1 Å². The van der Waals surface area contributed by atoms with Gasteiger partial charge in [-0.05, 0) is 48.2 Å². The monoisotopic (exact) mass is 463 g/mol. The van der Waals surface area contributed by atoms with Gasteiger partial charge in [0.15, 0.2) is 6.61 Å². The third-order valence-corrected chi connectivity index (χ3v) is 5.62. The molecule has 0 aromatic heterocycles. The van der Waals surface area contributed by atoms with Gasteiger partial charge in [0.25, 0.3) is 17.3 Å². The summed E-state index contributed by atoms with van der Waals surface area (Å²) in [7, 11) is 1.54. The van der Waals surface area contributed by atoms with E-state index in [0.29, 0.717) is 47.7 Å². The first-order valence-corrected chi connectivity index (χ1v) is 10.5. The lowest BCUT2D eigenvalue weighted by Crippen LogP contribution is -2.38. The summed E-state index contributed by atoms with van der Waals surface area (Å²) < 4.78 is 11.0. The third kappa shape index (κ3) is 4.65. The average molecular weight is 463 g/mol. The van der Waals surface area contributed by atoms with E-state index < -0.39 is 9.85 Å². The van der Waals surface area contributed by atoms with Crippen molar-refractivity contribution in [2.24, 2.45) is 0 Å². The number of hydrogen-bond acceptors (Lipinski definition) is 7. The molecule has 3 aromatic carbocycles. The molecule has 0 aliphatic carbocycles. The highest BCUT2D eigenvalue weighted by Gasteiger charge is 2.25. The summed E-state index contributed by atoms with van der Waals surface area (Å²) in [5.74, 6) is 0.648. The maximum absolute atomic E-state index is 13.0. The standard InChI is InChI=1S/C24H21N3O7/c1-33-20-8-4-16(5-9-20)21-14-19(27(31)32)7-11-23(21)34-15-24(28)25-12-2-3-17-13-18(26(29)30)6-10-22(17)25/h4-11,13-14H,2-3,12,15H2,1H3. The summed E-state index contributed by atoms with van der Waals surface area (Å²) in [5, 5.41) is 22.4. The van der Waals surface area contributed by atoms with E-state index in [0.717, 1.165) is 5.56 Å². The first-order chi connectivity index (χ1) is 16.4. The Hall–Kier alpha value is -4.47. The Bertz CT molecular complexity index is 1260. The molecule has 3 aromatic rings. The number of hydrogen-bond donors (Lipinski definition) is 0. The third-order valence-electron chi connectivity index (χ3n) is 5.62. The number of nitrogens with zero attached hydrogens (tertiary/aromatic N) is 3. The molecule has 1 heterocycles. The number of rotatable bonds is 7. The minimum Gasteiger partial charge on any atom is -0.497 e. The number of nitro groups is 2. The van der Waals surface area contributed by atoms with E-state index in [-0.39, 0.29) is 23.9 Å². The Morgan fingerprint density at radius 1 is 0.971 bits per heavy atom. The van der Waals surface area contributed by atoms with Gasteiger partial charge in [-0.1, -0.05) is 12.1 Å². The summed E-state index contributed by atoms with van der Waals surface area (Å²) in [6.45, 7) is 0.177. The van der Waals surface area contributed by atoms with E-state index in [2.05, 4.69) is 0 Å². The quantitative estimate of drug-likeness (QED) is 0.372. The van der Waals surface area contributed by atoms with Crippen LogP contribution >= 0.6 is 0 Å². The fourth-order valence-corrected chi connectivity index (χ4v) is 3.93. The molecule has 1 aliphatic rings. The van der Waals surface area contributed by atoms with E-state index in [9.17, 15) is 25.0 Å². The van der Waals surface area contributed by atoms with E-state index in [1.54, 1.807) is 42.3 Å². The number of benzene rings is 3. The molecule has 10 nitrogen and oxygen atoms in total. The van der Waals surface area contributed by atoms with Crippen molar-refractivity contribution >= 4 is 23.0 Å². The molecule has 0 atom stereocenters. The summed E-state index contributed by atoms with van der Waals surface area (Å²) in [4.78, 5) is 36.0. The van der Waals surface area contributed by atoms with Gasteiger partial charge in [-0.3, -0.25) is 25.0 Å². The minimum absolute atomic E-state index is 0.0145. The molecule has 0 spiro atoms. The van der Waals surface area contributed by atoms with Crippen LogP contribution in [0.4, 0.5) is 17.1 Å². The number of amides is 1. The van der Waals surface area contributed by atoms with Gasteiger partial charge in [-0.25, -0.2) is 0 Å². The number of anilines is 1. The minimum atomic E-state index is -0.494. The van der Waals surface area contributed by atoms with Crippen molar-refractivity contribution in [2.45, 2.75) is 12.8 Å². The molecule has 10 heteroatoms. The molecule has 0 N–H and O–H groups in total. The van der Waals surface area contributed by atoms with E-state index in [1.165, 1.54) is 30.3 Å². The lowest BCUT2D eigenvalue weighted by Gasteiger charge is -2.29. The number of carbonyl (C=O) groups excluding carboxylic acids is 1. The van der Waals surface area contributed by atoms with Crippen LogP contribution in [0.3, 0.4) is 0 Å². The molecule has 1 aliphatic heterocycles. The fourth-order valence-electron chi connectivity index (χ4n) is 3.93. The number of carbonyl (C=O) groups is 1. The topological polar surface area (TPSA) is 125 Å². The lowest BCUT2D eigenvalue weighted by molar-refractivity contribution is -0.385. The van der Waals surface area contributed by atoms with Crippen LogP contribution in [0, 0.1) is 20.2 Å². The Kier molecular flexibility index (Phi) is 6.39. The second-order valence-electron chi connectivity index (χ2n) is 7.67. The van der Waals surface area contributed by atoms with Crippen molar-refractivity contribution < 1.29 is 24.1 Å². The zero-order chi connectivity index (χ0) is 24.2. The molecule has 0 bridgehead atoms. The summed E-state index contributed by atoms with van der Waals surface area (Å²) in [5.41, 5.74) is 2.39. The van der Waals surface area contributed by atoms with Crippen LogP contribution in [0.15, 0.2) is 60.7 Å². The van der Waals surface area contributed by atoms with Gasteiger partial charge in [0.05, 0.1) is 17.0 Å². The first kappa shape index (κ1) is 22.7. The highest BCUT2D eigenvalue weighted by atomic mass is 16.6. The van der Waals surface area contributed by atoms with Gasteiger partial charge < -0.3 is 14.4 Å². The van der Waals surface area contributed by atoms with Crippen LogP contribution in [-0.2, 0) is 11.2 Å². The van der Waals surface area contributed by atoms with Crippen molar-refractivity contribution in [2.75, 3.05) is 25.2 Å². The number of non-ortho nitro benzene ring substituents is 2. The second kappa shape index (κ2) is 9.57. The summed E-state index contributed by atoms with van der Waals surface area (Å²) in [6, 6.07) is 15.6. The van der Waals surface area contributed by atoms with E-state index in [1.807, 2.05) is 0 Å². The number of fused-ring (bicyclic) bond motifs is 1. The van der Waals surface area contributed by atoms with Gasteiger partial charge >= 0.3 is 0 Å². The lowest BCUT2D eigenvalue weighted by atomic mass is 10.0. The number of methoxy groups -OCH3 is 1. The van der Waals surface area contributed by atoms with Gasteiger partial charge in [0.1, 0.15) is 11.5 Å². The van der Waals surface area contributed by atoms with Gasteiger partial charge in [0, 0.05) is 42.1 Å². The van der Waals surface area contributed by atoms with Gasteiger partial charge in [-0.2, -0.15) is 0 Å². The molecule has 0 saturated carbocycles. The second-order valence-corrected chi connectivity index (χ2v) is 7.67. The molecular formula is C24H21N3O7. The van der Waals surface area contributed by atoms with Crippen molar-refractivity contribution in [3.05, 3.63) is 86.5 Å². The molecular weight excluding hydrogens is 442 g/mol. The molecule has 0 saturated heterocycles. The van der Waals surface area contributed by atoms with Crippen molar-refractivity contribution in [3.8, 4) is 22.6 Å². The first-order valence-electron chi connectivity index (χ1n) is 10.5. The molecule has 0 unspecified atom stereocenters. The normalized spacial score (nSPS) is 12.6. The molecule has 174 valence electrons.